The Kier molecular flexibility index (Phi) is 4.46. The topological polar surface area (TPSA) is 46.4 Å². The molecule has 0 aromatic rings. The minimum absolute atomic E-state index is 0.0227. The summed E-state index contributed by atoms with van der Waals surface area (Å²) in [5.41, 5.74) is 0.714. The summed E-state index contributed by atoms with van der Waals surface area (Å²) in [6, 6.07) is 0. The van der Waals surface area contributed by atoms with Crippen LogP contribution in [0.1, 0.15) is 41.5 Å². The summed E-state index contributed by atoms with van der Waals surface area (Å²) >= 11 is 2.19. The number of ether oxygens (including phenoxy) is 1. The highest BCUT2D eigenvalue weighted by Gasteiger charge is 2.54. The van der Waals surface area contributed by atoms with Crippen LogP contribution in [0.25, 0.3) is 0 Å². The lowest BCUT2D eigenvalue weighted by Crippen LogP contribution is -2.23. The number of hydrogen-bond donors (Lipinski definition) is 0. The molecule has 1 saturated heterocycles. The second-order valence-corrected chi connectivity index (χ2v) is 6.55. The first-order valence-corrected chi connectivity index (χ1v) is 7.06. The normalized spacial score (nSPS) is 21.7. The Morgan fingerprint density at radius 1 is 1.28 bits per heavy atom. The lowest BCUT2D eigenvalue weighted by atomic mass is 10.0. The molecule has 0 N–H and O–H groups in total. The Morgan fingerprint density at radius 3 is 2.06 bits per heavy atom. The SMILES string of the molecule is CC(=O)OC(/C(I)=C1\N(C(C)=O)C1(C)C)C(C)C. The minimum atomic E-state index is -0.295. The first kappa shape index (κ1) is 15.5. The molecule has 1 unspecified atom stereocenters. The van der Waals surface area contributed by atoms with Gasteiger partial charge in [0.05, 0.1) is 14.8 Å². The van der Waals surface area contributed by atoms with Crippen LogP contribution in [-0.4, -0.2) is 28.4 Å². The van der Waals surface area contributed by atoms with Crippen molar-refractivity contribution in [2.24, 2.45) is 5.92 Å². The third-order valence-electron chi connectivity index (χ3n) is 3.00. The predicted molar refractivity (Wildman–Crippen MR) is 78.0 cm³/mol. The molecule has 1 rings (SSSR count). The number of esters is 1. The molecule has 1 amide bonds. The summed E-state index contributed by atoms with van der Waals surface area (Å²) in [4.78, 5) is 24.4. The lowest BCUT2D eigenvalue weighted by Gasteiger charge is -2.20. The second-order valence-electron chi connectivity index (χ2n) is 5.38. The molecule has 4 nitrogen and oxygen atoms in total. The highest BCUT2D eigenvalue weighted by molar-refractivity contribution is 14.1. The predicted octanol–water partition coefficient (Wildman–Crippen LogP) is 2.86. The van der Waals surface area contributed by atoms with Gasteiger partial charge in [-0.05, 0) is 42.4 Å². The summed E-state index contributed by atoms with van der Waals surface area (Å²) in [7, 11) is 0. The number of halogens is 1. The van der Waals surface area contributed by atoms with E-state index in [9.17, 15) is 9.59 Å². The number of nitrogens with zero attached hydrogens (tertiary/aromatic N) is 1. The van der Waals surface area contributed by atoms with Crippen LogP contribution in [0.15, 0.2) is 9.28 Å². The summed E-state index contributed by atoms with van der Waals surface area (Å²) in [5, 5.41) is 0. The van der Waals surface area contributed by atoms with E-state index in [0.29, 0.717) is 0 Å². The van der Waals surface area contributed by atoms with Crippen LogP contribution in [0.4, 0.5) is 0 Å². The molecule has 18 heavy (non-hydrogen) atoms. The van der Waals surface area contributed by atoms with Gasteiger partial charge >= 0.3 is 5.97 Å². The number of carbonyl (C=O) groups excluding carboxylic acids is 2. The molecular formula is C13H20INO3. The first-order valence-electron chi connectivity index (χ1n) is 5.98. The van der Waals surface area contributed by atoms with Crippen molar-refractivity contribution in [1.82, 2.24) is 4.90 Å². The maximum absolute atomic E-state index is 11.5. The van der Waals surface area contributed by atoms with Gasteiger partial charge in [0.2, 0.25) is 5.91 Å². The Hall–Kier alpha value is -0.590. The third-order valence-corrected chi connectivity index (χ3v) is 4.13. The molecule has 102 valence electrons. The Morgan fingerprint density at radius 2 is 1.78 bits per heavy atom. The van der Waals surface area contributed by atoms with E-state index in [-0.39, 0.29) is 29.4 Å². The van der Waals surface area contributed by atoms with Crippen molar-refractivity contribution >= 4 is 34.5 Å². The summed E-state index contributed by atoms with van der Waals surface area (Å²) < 4.78 is 6.30. The van der Waals surface area contributed by atoms with E-state index in [1.807, 2.05) is 27.7 Å². The molecule has 1 atom stereocenters. The van der Waals surface area contributed by atoms with Crippen LogP contribution in [-0.2, 0) is 14.3 Å². The van der Waals surface area contributed by atoms with Gasteiger partial charge in [-0.25, -0.2) is 0 Å². The van der Waals surface area contributed by atoms with Crippen LogP contribution in [0.5, 0.6) is 0 Å². The molecule has 0 aromatic carbocycles. The van der Waals surface area contributed by atoms with E-state index in [2.05, 4.69) is 22.6 Å². The highest BCUT2D eigenvalue weighted by atomic mass is 127. The number of carbonyl (C=O) groups is 2. The van der Waals surface area contributed by atoms with Gasteiger partial charge in [-0.15, -0.1) is 0 Å². The van der Waals surface area contributed by atoms with Crippen LogP contribution < -0.4 is 0 Å². The van der Waals surface area contributed by atoms with Crippen molar-refractivity contribution in [3.05, 3.63) is 9.28 Å². The van der Waals surface area contributed by atoms with E-state index < -0.39 is 0 Å². The molecule has 1 aliphatic rings. The summed E-state index contributed by atoms with van der Waals surface area (Å²) in [6.07, 6.45) is -0.276. The van der Waals surface area contributed by atoms with Gasteiger partial charge < -0.3 is 9.64 Å². The van der Waals surface area contributed by atoms with Gasteiger partial charge in [-0.2, -0.15) is 0 Å². The average molecular weight is 365 g/mol. The summed E-state index contributed by atoms with van der Waals surface area (Å²) in [5.74, 6) is -0.0932. The Bertz CT molecular complexity index is 412. The molecule has 0 aromatic heterocycles. The van der Waals surface area contributed by atoms with Gasteiger partial charge in [-0.1, -0.05) is 13.8 Å². The second kappa shape index (κ2) is 5.19. The van der Waals surface area contributed by atoms with Crippen LogP contribution in [0.3, 0.4) is 0 Å². The molecule has 0 saturated carbocycles. The Labute approximate surface area is 122 Å². The largest absolute Gasteiger partial charge is 0.457 e. The molecule has 1 aliphatic heterocycles. The highest BCUT2D eigenvalue weighted by Crippen LogP contribution is 2.49. The molecule has 1 heterocycles. The van der Waals surface area contributed by atoms with Crippen molar-refractivity contribution in [1.29, 1.82) is 0 Å². The smallest absolute Gasteiger partial charge is 0.303 e. The molecule has 0 spiro atoms. The van der Waals surface area contributed by atoms with Crippen molar-refractivity contribution in [2.75, 3.05) is 0 Å². The van der Waals surface area contributed by atoms with Gasteiger partial charge in [0, 0.05) is 13.8 Å². The van der Waals surface area contributed by atoms with E-state index in [4.69, 9.17) is 4.74 Å². The monoisotopic (exact) mass is 365 g/mol. The zero-order valence-electron chi connectivity index (χ0n) is 11.7. The van der Waals surface area contributed by atoms with Crippen molar-refractivity contribution < 1.29 is 14.3 Å². The molecular weight excluding hydrogens is 345 g/mol. The van der Waals surface area contributed by atoms with Gasteiger partial charge in [0.1, 0.15) is 6.10 Å². The van der Waals surface area contributed by atoms with E-state index in [1.54, 1.807) is 11.8 Å². The van der Waals surface area contributed by atoms with Crippen LogP contribution in [0.2, 0.25) is 0 Å². The number of amides is 1. The molecule has 0 bridgehead atoms. The van der Waals surface area contributed by atoms with Crippen LogP contribution >= 0.6 is 22.6 Å². The van der Waals surface area contributed by atoms with Gasteiger partial charge in [0.25, 0.3) is 0 Å². The van der Waals surface area contributed by atoms with Crippen molar-refractivity contribution in [2.45, 2.75) is 53.2 Å². The maximum Gasteiger partial charge on any atom is 0.303 e. The summed E-state index contributed by atoms with van der Waals surface area (Å²) in [6.45, 7) is 10.9. The van der Waals surface area contributed by atoms with E-state index in [1.165, 1.54) is 6.92 Å². The standard InChI is InChI=1S/C13H20INO3/c1-7(2)11(18-9(4)17)10(14)12-13(5,6)15(12)8(3)16/h7,11H,1-6H3/b12-10+. The molecule has 5 heteroatoms. The van der Waals surface area contributed by atoms with E-state index >= 15 is 0 Å². The molecule has 1 fully saturated rings. The lowest BCUT2D eigenvalue weighted by molar-refractivity contribution is -0.145. The fourth-order valence-electron chi connectivity index (χ4n) is 2.16. The van der Waals surface area contributed by atoms with E-state index in [0.717, 1.165) is 9.28 Å². The fraction of sp³-hybridized carbons (Fsp3) is 0.692. The fourth-order valence-corrected chi connectivity index (χ4v) is 3.91. The van der Waals surface area contributed by atoms with Crippen molar-refractivity contribution in [3.8, 4) is 0 Å². The maximum atomic E-state index is 11.5. The Balaban J connectivity index is 3.07. The molecule has 0 radical (unpaired) electrons. The zero-order valence-corrected chi connectivity index (χ0v) is 13.9. The van der Waals surface area contributed by atoms with Crippen LogP contribution in [0, 0.1) is 5.92 Å². The zero-order chi connectivity index (χ0) is 14.2. The van der Waals surface area contributed by atoms with Gasteiger partial charge in [0.15, 0.2) is 0 Å². The minimum Gasteiger partial charge on any atom is -0.457 e. The number of hydrogen-bond acceptors (Lipinski definition) is 3. The molecule has 0 aliphatic carbocycles. The third kappa shape index (κ3) is 2.87. The van der Waals surface area contributed by atoms with Crippen molar-refractivity contribution in [3.63, 3.8) is 0 Å². The quantitative estimate of drug-likeness (QED) is 0.439. The first-order chi connectivity index (χ1) is 8.10. The van der Waals surface area contributed by atoms with Gasteiger partial charge in [-0.3, -0.25) is 9.59 Å². The number of rotatable bonds is 3. The average Bonchev–Trinajstić information content (AvgIpc) is 2.76.